The van der Waals surface area contributed by atoms with Gasteiger partial charge in [0, 0.05) is 10.7 Å². The van der Waals surface area contributed by atoms with Gasteiger partial charge in [0.05, 0.1) is 24.2 Å². The molecule has 2 N–H and O–H groups in total. The van der Waals surface area contributed by atoms with Gasteiger partial charge in [0.15, 0.2) is 16.7 Å². The van der Waals surface area contributed by atoms with E-state index in [4.69, 9.17) is 16.0 Å². The topological polar surface area (TPSA) is 102 Å². The van der Waals surface area contributed by atoms with E-state index >= 15 is 0 Å². The molecular formula is C24H22ClN5O3S. The zero-order valence-electron chi connectivity index (χ0n) is 18.5. The lowest BCUT2D eigenvalue weighted by Gasteiger charge is -2.12. The third kappa shape index (κ3) is 5.67. The fourth-order valence-corrected chi connectivity index (χ4v) is 4.18. The number of aromatic nitrogens is 3. The highest BCUT2D eigenvalue weighted by molar-refractivity contribution is 7.99. The minimum absolute atomic E-state index is 0.105. The number of carbonyl (C=O) groups is 2. The molecule has 0 bridgehead atoms. The van der Waals surface area contributed by atoms with E-state index in [-0.39, 0.29) is 29.9 Å². The third-order valence-corrected chi connectivity index (χ3v) is 6.08. The Kier molecular flexibility index (Phi) is 7.34. The molecule has 2 heterocycles. The standard InChI is InChI=1S/C24H22ClN5O3S/c1-15-8-9-16(2)19(11-15)27-22(31)14-34-24-29-28-21(13-26-23(32)20-7-4-10-33-20)30(24)18-6-3-5-17(25)12-18/h3-12H,13-14H2,1-2H3,(H,26,32)(H,27,31). The molecule has 0 spiro atoms. The zero-order chi connectivity index (χ0) is 24.1. The Hall–Kier alpha value is -3.56. The SMILES string of the molecule is Cc1ccc(C)c(NC(=O)CSc2nnc(CNC(=O)c3ccco3)n2-c2cccc(Cl)c2)c1. The van der Waals surface area contributed by atoms with Gasteiger partial charge in [0.1, 0.15) is 0 Å². The van der Waals surface area contributed by atoms with E-state index in [1.807, 2.05) is 44.2 Å². The molecule has 2 amide bonds. The first-order valence-corrected chi connectivity index (χ1v) is 11.8. The van der Waals surface area contributed by atoms with Gasteiger partial charge in [0.25, 0.3) is 5.91 Å². The van der Waals surface area contributed by atoms with Crippen molar-refractivity contribution in [3.8, 4) is 5.69 Å². The third-order valence-electron chi connectivity index (χ3n) is 4.92. The summed E-state index contributed by atoms with van der Waals surface area (Å²) in [7, 11) is 0. The maximum atomic E-state index is 12.6. The van der Waals surface area contributed by atoms with Crippen LogP contribution in [-0.4, -0.2) is 32.3 Å². The van der Waals surface area contributed by atoms with Gasteiger partial charge in [-0.15, -0.1) is 10.2 Å². The highest BCUT2D eigenvalue weighted by Crippen LogP contribution is 2.25. The van der Waals surface area contributed by atoms with E-state index in [1.165, 1.54) is 18.0 Å². The molecule has 0 saturated heterocycles. The molecule has 0 atom stereocenters. The summed E-state index contributed by atoms with van der Waals surface area (Å²) < 4.78 is 6.90. The van der Waals surface area contributed by atoms with Crippen LogP contribution in [-0.2, 0) is 11.3 Å². The van der Waals surface area contributed by atoms with Crippen molar-refractivity contribution < 1.29 is 14.0 Å². The number of hydrogen-bond donors (Lipinski definition) is 2. The van der Waals surface area contributed by atoms with Crippen LogP contribution in [0.25, 0.3) is 5.69 Å². The molecule has 0 saturated carbocycles. The van der Waals surface area contributed by atoms with E-state index in [9.17, 15) is 9.59 Å². The highest BCUT2D eigenvalue weighted by atomic mass is 35.5. The van der Waals surface area contributed by atoms with Gasteiger partial charge in [-0.2, -0.15) is 0 Å². The van der Waals surface area contributed by atoms with Crippen LogP contribution < -0.4 is 10.6 Å². The van der Waals surface area contributed by atoms with Gasteiger partial charge in [-0.05, 0) is 61.4 Å². The summed E-state index contributed by atoms with van der Waals surface area (Å²) >= 11 is 7.44. The van der Waals surface area contributed by atoms with Gasteiger partial charge in [0.2, 0.25) is 5.91 Å². The molecule has 4 aromatic rings. The number of thioether (sulfide) groups is 1. The van der Waals surface area contributed by atoms with Gasteiger partial charge >= 0.3 is 0 Å². The van der Waals surface area contributed by atoms with E-state index < -0.39 is 0 Å². The number of benzene rings is 2. The van der Waals surface area contributed by atoms with Crippen LogP contribution in [0.4, 0.5) is 5.69 Å². The molecule has 34 heavy (non-hydrogen) atoms. The monoisotopic (exact) mass is 495 g/mol. The Morgan fingerprint density at radius 1 is 1.09 bits per heavy atom. The maximum Gasteiger partial charge on any atom is 0.287 e. The van der Waals surface area contributed by atoms with Crippen LogP contribution in [0.15, 0.2) is 70.4 Å². The summed E-state index contributed by atoms with van der Waals surface area (Å²) in [5, 5.41) is 15.2. The Morgan fingerprint density at radius 3 is 2.71 bits per heavy atom. The molecule has 0 radical (unpaired) electrons. The molecule has 2 aromatic heterocycles. The van der Waals surface area contributed by atoms with E-state index in [2.05, 4.69) is 20.8 Å². The molecule has 0 aliphatic rings. The van der Waals surface area contributed by atoms with Gasteiger partial charge in [-0.25, -0.2) is 0 Å². The Balaban J connectivity index is 1.51. The first-order valence-electron chi connectivity index (χ1n) is 10.4. The average Bonchev–Trinajstić information content (AvgIpc) is 3.49. The van der Waals surface area contributed by atoms with Gasteiger partial charge in [-0.3, -0.25) is 14.2 Å². The number of nitrogens with zero attached hydrogens (tertiary/aromatic N) is 3. The number of amides is 2. The average molecular weight is 496 g/mol. The second-order valence-corrected chi connectivity index (χ2v) is 8.91. The van der Waals surface area contributed by atoms with Crippen LogP contribution in [0, 0.1) is 13.8 Å². The van der Waals surface area contributed by atoms with Crippen molar-refractivity contribution in [2.24, 2.45) is 0 Å². The number of furan rings is 1. The molecule has 8 nitrogen and oxygen atoms in total. The summed E-state index contributed by atoms with van der Waals surface area (Å²) in [6, 6.07) is 16.3. The van der Waals surface area contributed by atoms with Crippen molar-refractivity contribution in [3.05, 3.63) is 88.6 Å². The van der Waals surface area contributed by atoms with Crippen molar-refractivity contribution in [1.29, 1.82) is 0 Å². The van der Waals surface area contributed by atoms with Crippen LogP contribution in [0.3, 0.4) is 0 Å². The first kappa shape index (κ1) is 23.6. The molecule has 2 aromatic carbocycles. The molecule has 174 valence electrons. The first-order chi connectivity index (χ1) is 16.4. The fraction of sp³-hybridized carbons (Fsp3) is 0.167. The lowest BCUT2D eigenvalue weighted by atomic mass is 10.1. The predicted octanol–water partition coefficient (Wildman–Crippen LogP) is 4.79. The number of hydrogen-bond acceptors (Lipinski definition) is 6. The number of carbonyl (C=O) groups excluding carboxylic acids is 2. The van der Waals surface area contributed by atoms with Crippen molar-refractivity contribution >= 4 is 40.9 Å². The lowest BCUT2D eigenvalue weighted by Crippen LogP contribution is -2.24. The van der Waals surface area contributed by atoms with Gasteiger partial charge < -0.3 is 15.1 Å². The molecule has 0 unspecified atom stereocenters. The minimum Gasteiger partial charge on any atom is -0.459 e. The predicted molar refractivity (Wildman–Crippen MR) is 132 cm³/mol. The van der Waals surface area contributed by atoms with Crippen molar-refractivity contribution in [2.45, 2.75) is 25.5 Å². The van der Waals surface area contributed by atoms with Crippen molar-refractivity contribution in [1.82, 2.24) is 20.1 Å². The maximum absolute atomic E-state index is 12.6. The number of anilines is 1. The summed E-state index contributed by atoms with van der Waals surface area (Å²) in [5.74, 6) is 0.288. The normalized spacial score (nSPS) is 10.8. The molecule has 0 aliphatic heterocycles. The molecule has 10 heteroatoms. The fourth-order valence-electron chi connectivity index (χ4n) is 3.22. The largest absolute Gasteiger partial charge is 0.459 e. The summed E-state index contributed by atoms with van der Waals surface area (Å²) in [4.78, 5) is 24.9. The lowest BCUT2D eigenvalue weighted by molar-refractivity contribution is -0.113. The summed E-state index contributed by atoms with van der Waals surface area (Å²) in [6.07, 6.45) is 1.43. The number of rotatable bonds is 8. The molecule has 4 rings (SSSR count). The molecular weight excluding hydrogens is 474 g/mol. The number of aryl methyl sites for hydroxylation is 2. The second kappa shape index (κ2) is 10.6. The minimum atomic E-state index is -0.368. The summed E-state index contributed by atoms with van der Waals surface area (Å²) in [6.45, 7) is 4.03. The quantitative estimate of drug-likeness (QED) is 0.341. The van der Waals surface area contributed by atoms with Crippen LogP contribution in [0.1, 0.15) is 27.5 Å². The van der Waals surface area contributed by atoms with E-state index in [1.54, 1.807) is 28.8 Å². The van der Waals surface area contributed by atoms with Crippen LogP contribution in [0.2, 0.25) is 5.02 Å². The Bertz CT molecular complexity index is 1320. The molecule has 0 aliphatic carbocycles. The second-order valence-electron chi connectivity index (χ2n) is 7.53. The van der Waals surface area contributed by atoms with Crippen LogP contribution in [0.5, 0.6) is 0 Å². The molecule has 0 fully saturated rings. The zero-order valence-corrected chi connectivity index (χ0v) is 20.1. The van der Waals surface area contributed by atoms with Crippen molar-refractivity contribution in [3.63, 3.8) is 0 Å². The Morgan fingerprint density at radius 2 is 1.94 bits per heavy atom. The van der Waals surface area contributed by atoms with E-state index in [0.29, 0.717) is 16.0 Å². The summed E-state index contributed by atoms with van der Waals surface area (Å²) in [5.41, 5.74) is 3.55. The smallest absolute Gasteiger partial charge is 0.287 e. The highest BCUT2D eigenvalue weighted by Gasteiger charge is 2.18. The Labute approximate surface area is 205 Å². The van der Waals surface area contributed by atoms with Crippen molar-refractivity contribution in [2.75, 3.05) is 11.1 Å². The number of nitrogens with one attached hydrogen (secondary N) is 2. The van der Waals surface area contributed by atoms with E-state index in [0.717, 1.165) is 22.5 Å². The van der Waals surface area contributed by atoms with Gasteiger partial charge in [-0.1, -0.05) is 41.6 Å². The number of halogens is 1. The van der Waals surface area contributed by atoms with Crippen LogP contribution >= 0.6 is 23.4 Å².